The summed E-state index contributed by atoms with van der Waals surface area (Å²) in [4.78, 5) is 12.5. The first-order valence-electron chi connectivity index (χ1n) is 9.28. The van der Waals surface area contributed by atoms with Crippen LogP contribution in [0.1, 0.15) is 46.1 Å². The lowest BCUT2D eigenvalue weighted by Gasteiger charge is -2.20. The molecule has 9 heteroatoms. The fourth-order valence-corrected chi connectivity index (χ4v) is 3.42. The van der Waals surface area contributed by atoms with Crippen LogP contribution in [0.15, 0.2) is 42.6 Å². The summed E-state index contributed by atoms with van der Waals surface area (Å²) in [5.74, 6) is 0.619. The Morgan fingerprint density at radius 2 is 1.97 bits per heavy atom. The molecule has 0 radical (unpaired) electrons. The maximum atomic E-state index is 12.8. The van der Waals surface area contributed by atoms with Crippen molar-refractivity contribution in [1.29, 1.82) is 0 Å². The molecule has 0 unspecified atom stereocenters. The van der Waals surface area contributed by atoms with Gasteiger partial charge < -0.3 is 10.1 Å². The minimum Gasteiger partial charge on any atom is -0.381 e. The van der Waals surface area contributed by atoms with Crippen molar-refractivity contribution in [3.05, 3.63) is 65.1 Å². The van der Waals surface area contributed by atoms with Gasteiger partial charge in [0.1, 0.15) is 5.82 Å². The van der Waals surface area contributed by atoms with Crippen molar-refractivity contribution in [2.75, 3.05) is 13.2 Å². The second-order valence-electron chi connectivity index (χ2n) is 6.97. The molecule has 152 valence electrons. The van der Waals surface area contributed by atoms with Crippen LogP contribution in [0.3, 0.4) is 0 Å². The first kappa shape index (κ1) is 19.4. The van der Waals surface area contributed by atoms with Crippen LogP contribution in [0.4, 0.5) is 13.2 Å². The van der Waals surface area contributed by atoms with E-state index in [0.29, 0.717) is 30.0 Å². The summed E-state index contributed by atoms with van der Waals surface area (Å²) in [7, 11) is 0. The van der Waals surface area contributed by atoms with E-state index in [1.165, 1.54) is 6.07 Å². The van der Waals surface area contributed by atoms with E-state index >= 15 is 0 Å². The summed E-state index contributed by atoms with van der Waals surface area (Å²) in [6.45, 7) is 1.32. The number of carbonyl (C=O) groups excluding carboxylic acids is 1. The van der Waals surface area contributed by atoms with Crippen LogP contribution in [-0.2, 0) is 17.5 Å². The number of hydrogen-bond acceptors (Lipinski definition) is 4. The molecule has 1 fully saturated rings. The van der Waals surface area contributed by atoms with Crippen molar-refractivity contribution in [1.82, 2.24) is 19.9 Å². The van der Waals surface area contributed by atoms with Crippen LogP contribution in [-0.4, -0.2) is 33.7 Å². The van der Waals surface area contributed by atoms with Crippen LogP contribution in [0.5, 0.6) is 0 Å². The number of alkyl halides is 3. The van der Waals surface area contributed by atoms with E-state index in [0.717, 1.165) is 30.8 Å². The number of fused-ring (bicyclic) bond motifs is 1. The molecule has 3 heterocycles. The Labute approximate surface area is 164 Å². The molecule has 1 aliphatic heterocycles. The van der Waals surface area contributed by atoms with Gasteiger partial charge in [-0.2, -0.15) is 13.2 Å². The van der Waals surface area contributed by atoms with Crippen molar-refractivity contribution < 1.29 is 22.7 Å². The summed E-state index contributed by atoms with van der Waals surface area (Å²) in [6.07, 6.45) is -1.07. The van der Waals surface area contributed by atoms with Crippen LogP contribution < -0.4 is 5.32 Å². The summed E-state index contributed by atoms with van der Waals surface area (Å²) in [6, 6.07) is 8.24. The zero-order chi connectivity index (χ0) is 20.4. The van der Waals surface area contributed by atoms with Crippen molar-refractivity contribution >= 4 is 11.6 Å². The molecule has 0 aliphatic carbocycles. The van der Waals surface area contributed by atoms with Gasteiger partial charge in [-0.1, -0.05) is 12.1 Å². The molecule has 1 aromatic carbocycles. The second kappa shape index (κ2) is 7.82. The molecule has 1 saturated heterocycles. The van der Waals surface area contributed by atoms with Gasteiger partial charge in [0.15, 0.2) is 5.65 Å². The number of nitrogens with zero attached hydrogens (tertiary/aromatic N) is 3. The number of amides is 1. The minimum absolute atomic E-state index is 0.00418. The van der Waals surface area contributed by atoms with E-state index in [4.69, 9.17) is 4.74 Å². The Bertz CT molecular complexity index is 1030. The number of hydrogen-bond donors (Lipinski definition) is 1. The normalized spacial score (nSPS) is 15.6. The van der Waals surface area contributed by atoms with Gasteiger partial charge in [0.2, 0.25) is 0 Å². The van der Waals surface area contributed by atoms with Gasteiger partial charge in [-0.05, 0) is 42.7 Å². The summed E-state index contributed by atoms with van der Waals surface area (Å²) in [5, 5.41) is 11.1. The quantitative estimate of drug-likeness (QED) is 0.722. The Hall–Kier alpha value is -2.94. The maximum absolute atomic E-state index is 12.8. The third-order valence-corrected chi connectivity index (χ3v) is 4.98. The number of nitrogens with one attached hydrogen (secondary N) is 1. The molecule has 2 aromatic heterocycles. The molecule has 1 amide bonds. The Morgan fingerprint density at radius 3 is 2.72 bits per heavy atom. The predicted molar refractivity (Wildman–Crippen MR) is 98.4 cm³/mol. The van der Waals surface area contributed by atoms with Gasteiger partial charge >= 0.3 is 6.18 Å². The highest BCUT2D eigenvalue weighted by Crippen LogP contribution is 2.29. The van der Waals surface area contributed by atoms with Crippen molar-refractivity contribution in [3.63, 3.8) is 0 Å². The SMILES string of the molecule is O=C(NCc1cccc(C(F)(F)F)c1)c1ccc2nnc(C3CCOCC3)n2c1. The number of halogens is 3. The molecule has 6 nitrogen and oxygen atoms in total. The third kappa shape index (κ3) is 4.24. The molecule has 1 aliphatic rings. The third-order valence-electron chi connectivity index (χ3n) is 4.98. The van der Waals surface area contributed by atoms with Gasteiger partial charge in [-0.3, -0.25) is 9.20 Å². The van der Waals surface area contributed by atoms with Crippen molar-refractivity contribution in [3.8, 4) is 0 Å². The fraction of sp³-hybridized carbons (Fsp3) is 0.350. The van der Waals surface area contributed by atoms with Crippen LogP contribution in [0.25, 0.3) is 5.65 Å². The standard InChI is InChI=1S/C20H19F3N4O2/c21-20(22,23)16-3-1-2-13(10-16)11-24-19(28)15-4-5-17-25-26-18(27(17)12-15)14-6-8-29-9-7-14/h1-5,10,12,14H,6-9,11H2,(H,24,28). The number of benzene rings is 1. The Balaban J connectivity index is 1.50. The van der Waals surface area contributed by atoms with Crippen LogP contribution in [0.2, 0.25) is 0 Å². The topological polar surface area (TPSA) is 68.5 Å². The number of rotatable bonds is 4. The van der Waals surface area contributed by atoms with Gasteiger partial charge in [0.05, 0.1) is 11.1 Å². The van der Waals surface area contributed by atoms with Crippen molar-refractivity contribution in [2.45, 2.75) is 31.5 Å². The highest BCUT2D eigenvalue weighted by molar-refractivity contribution is 5.94. The lowest BCUT2D eigenvalue weighted by molar-refractivity contribution is -0.137. The smallest absolute Gasteiger partial charge is 0.381 e. The maximum Gasteiger partial charge on any atom is 0.416 e. The summed E-state index contributed by atoms with van der Waals surface area (Å²) in [5.41, 5.74) is 0.663. The number of aromatic nitrogens is 3. The van der Waals surface area contributed by atoms with E-state index in [-0.39, 0.29) is 18.4 Å². The van der Waals surface area contributed by atoms with Crippen LogP contribution >= 0.6 is 0 Å². The largest absolute Gasteiger partial charge is 0.416 e. The van der Waals surface area contributed by atoms with Gasteiger partial charge in [0.25, 0.3) is 5.91 Å². The summed E-state index contributed by atoms with van der Waals surface area (Å²) >= 11 is 0. The second-order valence-corrected chi connectivity index (χ2v) is 6.97. The molecule has 3 aromatic rings. The molecule has 0 bridgehead atoms. The molecule has 29 heavy (non-hydrogen) atoms. The molecule has 4 rings (SSSR count). The first-order chi connectivity index (χ1) is 13.9. The molecule has 0 atom stereocenters. The van der Waals surface area contributed by atoms with Crippen molar-refractivity contribution in [2.24, 2.45) is 0 Å². The van der Waals surface area contributed by atoms with Gasteiger partial charge in [-0.25, -0.2) is 0 Å². The van der Waals surface area contributed by atoms with Gasteiger partial charge in [-0.15, -0.1) is 10.2 Å². The molecule has 0 spiro atoms. The molecular formula is C20H19F3N4O2. The number of pyridine rings is 1. The van der Waals surface area contributed by atoms with E-state index < -0.39 is 11.7 Å². The zero-order valence-corrected chi connectivity index (χ0v) is 15.4. The highest BCUT2D eigenvalue weighted by Gasteiger charge is 2.30. The van der Waals surface area contributed by atoms with E-state index in [9.17, 15) is 18.0 Å². The van der Waals surface area contributed by atoms with E-state index in [1.807, 2.05) is 0 Å². The Kier molecular flexibility index (Phi) is 5.23. The fourth-order valence-electron chi connectivity index (χ4n) is 3.42. The number of carbonyl (C=O) groups is 1. The lowest BCUT2D eigenvalue weighted by Crippen LogP contribution is -2.23. The first-order valence-corrected chi connectivity index (χ1v) is 9.28. The van der Waals surface area contributed by atoms with Gasteiger partial charge in [0, 0.05) is 31.9 Å². The molecular weight excluding hydrogens is 385 g/mol. The number of ether oxygens (including phenoxy) is 1. The molecule has 0 saturated carbocycles. The van der Waals surface area contributed by atoms with E-state index in [1.54, 1.807) is 28.8 Å². The van der Waals surface area contributed by atoms with Crippen LogP contribution in [0, 0.1) is 0 Å². The average Bonchev–Trinajstić information content (AvgIpc) is 3.15. The monoisotopic (exact) mass is 404 g/mol. The highest BCUT2D eigenvalue weighted by atomic mass is 19.4. The Morgan fingerprint density at radius 1 is 1.17 bits per heavy atom. The lowest BCUT2D eigenvalue weighted by atomic mass is 9.99. The average molecular weight is 404 g/mol. The minimum atomic E-state index is -4.42. The molecule has 1 N–H and O–H groups in total. The van der Waals surface area contributed by atoms with E-state index in [2.05, 4.69) is 15.5 Å². The zero-order valence-electron chi connectivity index (χ0n) is 15.4. The summed E-state index contributed by atoms with van der Waals surface area (Å²) < 4.78 is 45.7. The predicted octanol–water partition coefficient (Wildman–Crippen LogP) is 3.57.